The van der Waals surface area contributed by atoms with E-state index in [0.29, 0.717) is 10.6 Å². The number of carbonyl (C=O) groups excluding carboxylic acids is 1. The number of carbonyl (C=O) groups is 1. The fourth-order valence-electron chi connectivity index (χ4n) is 2.73. The van der Waals surface area contributed by atoms with E-state index in [1.54, 1.807) is 24.3 Å². The summed E-state index contributed by atoms with van der Waals surface area (Å²) in [5, 5.41) is 4.50. The summed E-state index contributed by atoms with van der Waals surface area (Å²) in [6, 6.07) is 6.62. The molecular formula is C16H11ClF2N4O3. The number of fused-ring (bicyclic) bond motifs is 1. The second-order valence-corrected chi connectivity index (χ2v) is 6.44. The fourth-order valence-corrected chi connectivity index (χ4v) is 2.86. The van der Waals surface area contributed by atoms with Crippen LogP contribution in [-0.4, -0.2) is 44.5 Å². The molecule has 26 heavy (non-hydrogen) atoms. The molecule has 1 aliphatic rings. The van der Waals surface area contributed by atoms with Crippen LogP contribution in [0.1, 0.15) is 0 Å². The number of alkyl halides is 2. The molecule has 0 radical (unpaired) electrons. The lowest BCUT2D eigenvalue weighted by Crippen LogP contribution is -2.59. The van der Waals surface area contributed by atoms with Crippen LogP contribution in [0.5, 0.6) is 0 Å². The van der Waals surface area contributed by atoms with Crippen LogP contribution < -0.4 is 5.56 Å². The van der Waals surface area contributed by atoms with E-state index in [-0.39, 0.29) is 23.3 Å². The number of hydrogen-bond acceptors (Lipinski definition) is 5. The van der Waals surface area contributed by atoms with Gasteiger partial charge in [0.1, 0.15) is 24.0 Å². The summed E-state index contributed by atoms with van der Waals surface area (Å²) in [4.78, 5) is 29.7. The molecular weight excluding hydrogens is 370 g/mol. The van der Waals surface area contributed by atoms with Crippen molar-refractivity contribution in [3.63, 3.8) is 0 Å². The SMILES string of the molecule is O=C(Cn1cnc2onc(-c3ccc(Cl)cc3)c2c1=O)N1CC(F)(F)C1. The zero-order valence-electron chi connectivity index (χ0n) is 13.2. The Morgan fingerprint density at radius 3 is 2.62 bits per heavy atom. The molecule has 0 saturated carbocycles. The summed E-state index contributed by atoms with van der Waals surface area (Å²) >= 11 is 5.86. The Morgan fingerprint density at radius 2 is 1.96 bits per heavy atom. The first kappa shape index (κ1) is 16.6. The van der Waals surface area contributed by atoms with Gasteiger partial charge in [-0.15, -0.1) is 0 Å². The number of amides is 1. The number of aromatic nitrogens is 3. The van der Waals surface area contributed by atoms with E-state index in [1.807, 2.05) is 0 Å². The monoisotopic (exact) mass is 380 g/mol. The molecule has 1 aliphatic heterocycles. The molecule has 7 nitrogen and oxygen atoms in total. The summed E-state index contributed by atoms with van der Waals surface area (Å²) < 4.78 is 31.9. The van der Waals surface area contributed by atoms with E-state index in [4.69, 9.17) is 16.1 Å². The van der Waals surface area contributed by atoms with Gasteiger partial charge in [-0.1, -0.05) is 28.9 Å². The molecule has 0 N–H and O–H groups in total. The van der Waals surface area contributed by atoms with E-state index in [9.17, 15) is 18.4 Å². The number of likely N-dealkylation sites (tertiary alicyclic amines) is 1. The first-order valence-electron chi connectivity index (χ1n) is 7.60. The van der Waals surface area contributed by atoms with Gasteiger partial charge < -0.3 is 9.42 Å². The summed E-state index contributed by atoms with van der Waals surface area (Å²) in [6.45, 7) is -1.66. The Balaban J connectivity index is 1.68. The van der Waals surface area contributed by atoms with E-state index < -0.39 is 30.5 Å². The van der Waals surface area contributed by atoms with Crippen LogP contribution >= 0.6 is 11.6 Å². The maximum atomic E-state index is 12.9. The minimum absolute atomic E-state index is 0.0270. The first-order chi connectivity index (χ1) is 12.3. The van der Waals surface area contributed by atoms with Crippen molar-refractivity contribution in [2.75, 3.05) is 13.1 Å². The maximum absolute atomic E-state index is 12.9. The third-order valence-electron chi connectivity index (χ3n) is 4.08. The van der Waals surface area contributed by atoms with Crippen LogP contribution in [0.4, 0.5) is 8.78 Å². The molecule has 134 valence electrons. The van der Waals surface area contributed by atoms with Gasteiger partial charge in [0, 0.05) is 10.6 Å². The molecule has 1 saturated heterocycles. The molecule has 0 aliphatic carbocycles. The zero-order valence-corrected chi connectivity index (χ0v) is 13.9. The van der Waals surface area contributed by atoms with Gasteiger partial charge in [-0.2, -0.15) is 0 Å². The molecule has 1 aromatic carbocycles. The Hall–Kier alpha value is -2.81. The van der Waals surface area contributed by atoms with Gasteiger partial charge in [-0.3, -0.25) is 14.2 Å². The third kappa shape index (κ3) is 2.84. The highest BCUT2D eigenvalue weighted by molar-refractivity contribution is 6.30. The van der Waals surface area contributed by atoms with E-state index in [0.717, 1.165) is 15.8 Å². The minimum Gasteiger partial charge on any atom is -0.335 e. The first-order valence-corrected chi connectivity index (χ1v) is 7.98. The minimum atomic E-state index is -2.86. The summed E-state index contributed by atoms with van der Waals surface area (Å²) in [6.07, 6.45) is 1.14. The normalized spacial score (nSPS) is 15.9. The van der Waals surface area contributed by atoms with Gasteiger partial charge in [0.15, 0.2) is 0 Å². The lowest BCUT2D eigenvalue weighted by atomic mass is 10.1. The summed E-state index contributed by atoms with van der Waals surface area (Å²) in [7, 11) is 0. The van der Waals surface area contributed by atoms with Crippen LogP contribution in [0, 0.1) is 0 Å². The smallest absolute Gasteiger partial charge is 0.282 e. The van der Waals surface area contributed by atoms with Crippen molar-refractivity contribution in [3.8, 4) is 11.3 Å². The van der Waals surface area contributed by atoms with Gasteiger partial charge in [-0.25, -0.2) is 13.8 Å². The zero-order chi connectivity index (χ0) is 18.5. The van der Waals surface area contributed by atoms with E-state index >= 15 is 0 Å². The highest BCUT2D eigenvalue weighted by atomic mass is 35.5. The second kappa shape index (κ2) is 5.87. The third-order valence-corrected chi connectivity index (χ3v) is 4.34. The molecule has 2 aromatic heterocycles. The fraction of sp³-hybridized carbons (Fsp3) is 0.250. The predicted octanol–water partition coefficient (Wildman–Crippen LogP) is 2.18. The highest BCUT2D eigenvalue weighted by Gasteiger charge is 2.46. The summed E-state index contributed by atoms with van der Waals surface area (Å²) in [5.41, 5.74) is 0.353. The molecule has 0 atom stereocenters. The van der Waals surface area contributed by atoms with Crippen molar-refractivity contribution in [1.29, 1.82) is 0 Å². The Kier molecular flexibility index (Phi) is 3.76. The van der Waals surface area contributed by atoms with Gasteiger partial charge >= 0.3 is 0 Å². The maximum Gasteiger partial charge on any atom is 0.282 e. The van der Waals surface area contributed by atoms with Crippen molar-refractivity contribution in [3.05, 3.63) is 46.0 Å². The average Bonchev–Trinajstić information content (AvgIpc) is 3.00. The molecule has 0 unspecified atom stereocenters. The quantitative estimate of drug-likeness (QED) is 0.695. The van der Waals surface area contributed by atoms with Gasteiger partial charge in [0.05, 0.1) is 13.1 Å². The van der Waals surface area contributed by atoms with Gasteiger partial charge in [-0.05, 0) is 12.1 Å². The van der Waals surface area contributed by atoms with Crippen molar-refractivity contribution >= 4 is 28.6 Å². The predicted molar refractivity (Wildman–Crippen MR) is 88.0 cm³/mol. The Labute approximate surface area is 149 Å². The standard InChI is InChI=1S/C16H11ClF2N4O3/c17-10-3-1-9(2-4-10)13-12-14(26-21-13)20-8-22(15(12)25)5-11(24)23-6-16(18,19)7-23/h1-4,8H,5-7H2. The summed E-state index contributed by atoms with van der Waals surface area (Å²) in [5.74, 6) is -3.44. The molecule has 4 rings (SSSR count). The van der Waals surface area contributed by atoms with Crippen molar-refractivity contribution in [2.45, 2.75) is 12.5 Å². The van der Waals surface area contributed by atoms with Crippen molar-refractivity contribution < 1.29 is 18.1 Å². The highest BCUT2D eigenvalue weighted by Crippen LogP contribution is 2.27. The van der Waals surface area contributed by atoms with E-state index in [1.165, 1.54) is 0 Å². The topological polar surface area (TPSA) is 81.2 Å². The molecule has 0 bridgehead atoms. The second-order valence-electron chi connectivity index (χ2n) is 6.00. The van der Waals surface area contributed by atoms with Crippen molar-refractivity contribution in [1.82, 2.24) is 19.6 Å². The molecule has 3 aromatic rings. The number of hydrogen-bond donors (Lipinski definition) is 0. The van der Waals surface area contributed by atoms with Gasteiger partial charge in [0.25, 0.3) is 17.2 Å². The largest absolute Gasteiger partial charge is 0.335 e. The van der Waals surface area contributed by atoms with Gasteiger partial charge in [0.2, 0.25) is 5.91 Å². The number of rotatable bonds is 3. The van der Waals surface area contributed by atoms with E-state index in [2.05, 4.69) is 10.1 Å². The van der Waals surface area contributed by atoms with Crippen LogP contribution in [0.25, 0.3) is 22.4 Å². The molecule has 1 fully saturated rings. The Morgan fingerprint density at radius 1 is 1.27 bits per heavy atom. The molecule has 10 heteroatoms. The number of halogens is 3. The molecule has 3 heterocycles. The van der Waals surface area contributed by atoms with Crippen LogP contribution in [0.2, 0.25) is 5.02 Å². The van der Waals surface area contributed by atoms with Crippen LogP contribution in [-0.2, 0) is 11.3 Å². The number of benzene rings is 1. The Bertz CT molecular complexity index is 1050. The lowest BCUT2D eigenvalue weighted by Gasteiger charge is -2.38. The lowest BCUT2D eigenvalue weighted by molar-refractivity contribution is -0.166. The molecule has 1 amide bonds. The van der Waals surface area contributed by atoms with Crippen molar-refractivity contribution in [2.24, 2.45) is 0 Å². The van der Waals surface area contributed by atoms with Crippen LogP contribution in [0.3, 0.4) is 0 Å². The molecule has 0 spiro atoms. The number of nitrogens with zero attached hydrogens (tertiary/aromatic N) is 4. The average molecular weight is 381 g/mol. The van der Waals surface area contributed by atoms with Crippen LogP contribution in [0.15, 0.2) is 39.9 Å².